The van der Waals surface area contributed by atoms with Crippen molar-refractivity contribution in [3.8, 4) is 0 Å². The molecule has 0 nitrogen and oxygen atoms in total. The zero-order valence-electron chi connectivity index (χ0n) is 11.4. The van der Waals surface area contributed by atoms with Crippen LogP contribution in [0.25, 0.3) is 10.8 Å². The summed E-state index contributed by atoms with van der Waals surface area (Å²) >= 11 is 10.00. The van der Waals surface area contributed by atoms with E-state index in [1.165, 1.54) is 12.1 Å². The molecule has 106 valence electrons. The number of benzene rings is 3. The predicted molar refractivity (Wildman–Crippen MR) is 90.5 cm³/mol. The largest absolute Gasteiger partial charge is 0.207 e. The molecule has 1 atom stereocenters. The minimum atomic E-state index is -0.386. The Morgan fingerprint density at radius 2 is 1.81 bits per heavy atom. The van der Waals surface area contributed by atoms with Gasteiger partial charge in [0, 0.05) is 4.47 Å². The van der Waals surface area contributed by atoms with Crippen LogP contribution in [0.5, 0.6) is 0 Å². The molecule has 0 N–H and O–H groups in total. The van der Waals surface area contributed by atoms with Gasteiger partial charge in [-0.05, 0) is 52.6 Å². The molecule has 0 radical (unpaired) electrons. The fraction of sp³-hybridized carbons (Fsp3) is 0.111. The van der Waals surface area contributed by atoms with Crippen molar-refractivity contribution in [2.24, 2.45) is 0 Å². The minimum Gasteiger partial charge on any atom is -0.207 e. The summed E-state index contributed by atoms with van der Waals surface area (Å²) in [5.74, 6) is -0.289. The number of hydrogen-bond acceptors (Lipinski definition) is 0. The molecular weight excluding hydrogens is 351 g/mol. The Bertz CT molecular complexity index is 793. The van der Waals surface area contributed by atoms with Crippen LogP contribution in [0.1, 0.15) is 22.1 Å². The maximum atomic E-state index is 13.6. The van der Waals surface area contributed by atoms with Gasteiger partial charge in [0.25, 0.3) is 0 Å². The van der Waals surface area contributed by atoms with Crippen molar-refractivity contribution in [2.75, 3.05) is 0 Å². The van der Waals surface area contributed by atoms with Crippen molar-refractivity contribution in [1.29, 1.82) is 0 Å². The number of hydrogen-bond donors (Lipinski definition) is 0. The average Bonchev–Trinajstić information content (AvgIpc) is 2.45. The predicted octanol–water partition coefficient (Wildman–Crippen LogP) is 6.38. The van der Waals surface area contributed by atoms with E-state index in [-0.39, 0.29) is 11.2 Å². The second kappa shape index (κ2) is 5.78. The molecule has 0 spiro atoms. The van der Waals surface area contributed by atoms with Gasteiger partial charge in [0.05, 0.1) is 5.38 Å². The van der Waals surface area contributed by atoms with Crippen molar-refractivity contribution in [1.82, 2.24) is 0 Å². The van der Waals surface area contributed by atoms with Gasteiger partial charge in [-0.1, -0.05) is 52.3 Å². The Kier molecular flexibility index (Phi) is 4.01. The van der Waals surface area contributed by atoms with Crippen LogP contribution in [-0.2, 0) is 0 Å². The molecule has 0 aromatic heterocycles. The molecule has 0 aliphatic rings. The topological polar surface area (TPSA) is 0 Å². The van der Waals surface area contributed by atoms with E-state index in [1.807, 2.05) is 25.1 Å². The lowest BCUT2D eigenvalue weighted by Crippen LogP contribution is -1.99. The Labute approximate surface area is 136 Å². The van der Waals surface area contributed by atoms with Crippen LogP contribution in [-0.4, -0.2) is 0 Å². The molecule has 3 rings (SSSR count). The van der Waals surface area contributed by atoms with Crippen LogP contribution in [0.15, 0.2) is 59.1 Å². The number of rotatable bonds is 2. The number of fused-ring (bicyclic) bond motifs is 1. The molecule has 0 aliphatic heterocycles. The van der Waals surface area contributed by atoms with Gasteiger partial charge in [0.2, 0.25) is 0 Å². The first-order chi connectivity index (χ1) is 10.1. The third-order valence-corrected chi connectivity index (χ3v) is 4.55. The van der Waals surface area contributed by atoms with Gasteiger partial charge in [0.15, 0.2) is 0 Å². The van der Waals surface area contributed by atoms with Crippen molar-refractivity contribution in [3.63, 3.8) is 0 Å². The minimum absolute atomic E-state index is 0.289. The lowest BCUT2D eigenvalue weighted by Gasteiger charge is -2.17. The molecule has 0 saturated carbocycles. The van der Waals surface area contributed by atoms with E-state index >= 15 is 0 Å². The van der Waals surface area contributed by atoms with Crippen molar-refractivity contribution >= 4 is 38.3 Å². The summed E-state index contributed by atoms with van der Waals surface area (Å²) < 4.78 is 14.3. The maximum Gasteiger partial charge on any atom is 0.124 e. The van der Waals surface area contributed by atoms with Gasteiger partial charge in [-0.2, -0.15) is 0 Å². The number of alkyl halides is 1. The summed E-state index contributed by atoms with van der Waals surface area (Å²) in [6.45, 7) is 2.03. The zero-order chi connectivity index (χ0) is 15.0. The lowest BCUT2D eigenvalue weighted by atomic mass is 9.94. The highest BCUT2D eigenvalue weighted by Gasteiger charge is 2.17. The van der Waals surface area contributed by atoms with Gasteiger partial charge in [-0.3, -0.25) is 0 Å². The van der Waals surface area contributed by atoms with E-state index in [2.05, 4.69) is 40.2 Å². The monoisotopic (exact) mass is 362 g/mol. The SMILES string of the molecule is Cc1ccc2ccccc2c1C(Cl)c1cc(F)cc(Br)c1. The van der Waals surface area contributed by atoms with Crippen LogP contribution < -0.4 is 0 Å². The van der Waals surface area contributed by atoms with Crippen LogP contribution in [0, 0.1) is 12.7 Å². The van der Waals surface area contributed by atoms with E-state index in [1.54, 1.807) is 0 Å². The molecule has 0 heterocycles. The molecule has 3 heteroatoms. The molecule has 21 heavy (non-hydrogen) atoms. The van der Waals surface area contributed by atoms with E-state index in [0.717, 1.165) is 27.5 Å². The van der Waals surface area contributed by atoms with Crippen LogP contribution in [0.2, 0.25) is 0 Å². The number of halogens is 3. The normalized spacial score (nSPS) is 12.6. The second-order valence-corrected chi connectivity index (χ2v) is 6.43. The molecule has 0 amide bonds. The van der Waals surface area contributed by atoms with Gasteiger partial charge in [0.1, 0.15) is 5.82 Å². The molecule has 3 aromatic carbocycles. The third-order valence-electron chi connectivity index (χ3n) is 3.62. The van der Waals surface area contributed by atoms with Crippen LogP contribution in [0.4, 0.5) is 4.39 Å². The first-order valence-electron chi connectivity index (χ1n) is 6.64. The first-order valence-corrected chi connectivity index (χ1v) is 7.87. The number of aryl methyl sites for hydroxylation is 1. The quantitative estimate of drug-likeness (QED) is 0.463. The summed E-state index contributed by atoms with van der Waals surface area (Å²) in [7, 11) is 0. The fourth-order valence-electron chi connectivity index (χ4n) is 2.63. The van der Waals surface area contributed by atoms with E-state index < -0.39 is 0 Å². The van der Waals surface area contributed by atoms with Gasteiger partial charge >= 0.3 is 0 Å². The summed E-state index contributed by atoms with van der Waals surface area (Å²) in [6, 6.07) is 17.0. The molecule has 1 unspecified atom stereocenters. The third kappa shape index (κ3) is 2.83. The zero-order valence-corrected chi connectivity index (χ0v) is 13.7. The lowest BCUT2D eigenvalue weighted by molar-refractivity contribution is 0.625. The Balaban J connectivity index is 2.21. The Morgan fingerprint density at radius 1 is 1.05 bits per heavy atom. The molecule has 0 fully saturated rings. The molecule has 0 saturated heterocycles. The fourth-order valence-corrected chi connectivity index (χ4v) is 3.53. The summed E-state index contributed by atoms with van der Waals surface area (Å²) in [4.78, 5) is 0. The first kappa shape index (κ1) is 14.6. The molecule has 0 aliphatic carbocycles. The Morgan fingerprint density at radius 3 is 2.57 bits per heavy atom. The summed E-state index contributed by atoms with van der Waals surface area (Å²) in [5.41, 5.74) is 2.89. The van der Waals surface area contributed by atoms with E-state index in [9.17, 15) is 4.39 Å². The Hall–Kier alpha value is -1.38. The maximum absolute atomic E-state index is 13.6. The standard InChI is InChI=1S/C18H13BrClF/c1-11-6-7-12-4-2-3-5-16(12)17(11)18(20)13-8-14(19)10-15(21)9-13/h2-10,18H,1H3. The second-order valence-electron chi connectivity index (χ2n) is 5.08. The average molecular weight is 364 g/mol. The molecule has 0 bridgehead atoms. The van der Waals surface area contributed by atoms with Gasteiger partial charge in [-0.15, -0.1) is 11.6 Å². The highest BCUT2D eigenvalue weighted by atomic mass is 79.9. The molecule has 3 aromatic rings. The summed E-state index contributed by atoms with van der Waals surface area (Å²) in [6.07, 6.45) is 0. The van der Waals surface area contributed by atoms with Gasteiger partial charge < -0.3 is 0 Å². The smallest absolute Gasteiger partial charge is 0.124 e. The highest BCUT2D eigenvalue weighted by Crippen LogP contribution is 2.37. The highest BCUT2D eigenvalue weighted by molar-refractivity contribution is 9.10. The van der Waals surface area contributed by atoms with Crippen LogP contribution >= 0.6 is 27.5 Å². The van der Waals surface area contributed by atoms with Gasteiger partial charge in [-0.25, -0.2) is 4.39 Å². The van der Waals surface area contributed by atoms with Crippen molar-refractivity contribution in [2.45, 2.75) is 12.3 Å². The van der Waals surface area contributed by atoms with Crippen molar-refractivity contribution < 1.29 is 4.39 Å². The van der Waals surface area contributed by atoms with E-state index in [0.29, 0.717) is 4.47 Å². The van der Waals surface area contributed by atoms with Crippen LogP contribution in [0.3, 0.4) is 0 Å². The molecular formula is C18H13BrClF. The van der Waals surface area contributed by atoms with E-state index in [4.69, 9.17) is 11.6 Å². The van der Waals surface area contributed by atoms with Crippen molar-refractivity contribution in [3.05, 3.63) is 81.6 Å². The summed E-state index contributed by atoms with van der Waals surface area (Å²) in [5, 5.41) is 1.86.